The third kappa shape index (κ3) is 5.56. The zero-order valence-electron chi connectivity index (χ0n) is 23.1. The molecule has 1 heterocycles. The molecule has 0 radical (unpaired) electrons. The molecule has 1 aliphatic heterocycles. The van der Waals surface area contributed by atoms with Gasteiger partial charge in [0, 0.05) is 32.0 Å². The number of amides is 2. The second-order valence-electron chi connectivity index (χ2n) is 10.5. The number of likely N-dealkylation sites (N-methyl/N-ethyl adjacent to an activating group) is 1. The predicted molar refractivity (Wildman–Crippen MR) is 154 cm³/mol. The van der Waals surface area contributed by atoms with Gasteiger partial charge in [0.25, 0.3) is 0 Å². The molecule has 202 valence electrons. The molecule has 4 rings (SSSR count). The van der Waals surface area contributed by atoms with Crippen molar-refractivity contribution in [3.05, 3.63) is 71.3 Å². The van der Waals surface area contributed by atoms with Crippen LogP contribution in [0.3, 0.4) is 0 Å². The molecule has 3 unspecified atom stereocenters. The summed E-state index contributed by atoms with van der Waals surface area (Å²) in [4.78, 5) is 42.3. The number of anilines is 2. The van der Waals surface area contributed by atoms with Gasteiger partial charge >= 0.3 is 0 Å². The SMILES string of the molecule is CNC(C)(C=O)CNC1CC(=O)N(Cc2c(C)ccc3ccccc23)c2ccc(C#N)cc2N(C(C)=O)C1C. The third-order valence-corrected chi connectivity index (χ3v) is 7.83. The molecule has 0 fully saturated rings. The summed E-state index contributed by atoms with van der Waals surface area (Å²) in [5.41, 5.74) is 2.74. The zero-order chi connectivity index (χ0) is 28.3. The summed E-state index contributed by atoms with van der Waals surface area (Å²) in [5, 5.41) is 18.2. The summed E-state index contributed by atoms with van der Waals surface area (Å²) in [6.07, 6.45) is 0.953. The maximum absolute atomic E-state index is 14.1. The lowest BCUT2D eigenvalue weighted by atomic mass is 9.95. The lowest BCUT2D eigenvalue weighted by Gasteiger charge is -2.41. The Kier molecular flexibility index (Phi) is 8.14. The molecular weight excluding hydrogens is 490 g/mol. The van der Waals surface area contributed by atoms with Crippen molar-refractivity contribution in [2.45, 2.75) is 58.3 Å². The first-order valence-corrected chi connectivity index (χ1v) is 13.1. The Balaban J connectivity index is 1.86. The standard InChI is InChI=1S/C31H35N5O3/c1-20-10-12-24-8-6-7-9-25(24)26(20)17-35-28-13-11-23(16-32)14-29(28)36(22(3)38)21(2)27(15-30(35)39)34-18-31(4,19-37)33-5/h6-14,19,21,27,33-34H,15,17-18H2,1-5H3. The molecule has 0 saturated carbocycles. The second-order valence-corrected chi connectivity index (χ2v) is 10.5. The fourth-order valence-corrected chi connectivity index (χ4v) is 5.23. The number of hydrogen-bond acceptors (Lipinski definition) is 6. The van der Waals surface area contributed by atoms with Crippen molar-refractivity contribution in [3.63, 3.8) is 0 Å². The summed E-state index contributed by atoms with van der Waals surface area (Å²) < 4.78 is 0. The molecule has 0 aliphatic carbocycles. The molecule has 2 N–H and O–H groups in total. The van der Waals surface area contributed by atoms with Crippen molar-refractivity contribution in [2.24, 2.45) is 0 Å². The first-order chi connectivity index (χ1) is 18.6. The Labute approximate surface area is 229 Å². The van der Waals surface area contributed by atoms with Crippen LogP contribution in [-0.4, -0.2) is 49.3 Å². The second kappa shape index (κ2) is 11.4. The van der Waals surface area contributed by atoms with E-state index in [1.807, 2.05) is 32.0 Å². The Morgan fingerprint density at radius 1 is 1.18 bits per heavy atom. The molecule has 0 saturated heterocycles. The highest BCUT2D eigenvalue weighted by Crippen LogP contribution is 2.37. The number of benzene rings is 3. The summed E-state index contributed by atoms with van der Waals surface area (Å²) in [6, 6.07) is 18.6. The summed E-state index contributed by atoms with van der Waals surface area (Å²) >= 11 is 0. The van der Waals surface area contributed by atoms with E-state index in [0.29, 0.717) is 23.5 Å². The van der Waals surface area contributed by atoms with Crippen LogP contribution < -0.4 is 20.4 Å². The fourth-order valence-electron chi connectivity index (χ4n) is 5.23. The van der Waals surface area contributed by atoms with E-state index in [4.69, 9.17) is 0 Å². The van der Waals surface area contributed by atoms with Crippen molar-refractivity contribution < 1.29 is 14.4 Å². The fraction of sp³-hybridized carbons (Fsp3) is 0.355. The van der Waals surface area contributed by atoms with Crippen LogP contribution in [0.5, 0.6) is 0 Å². The van der Waals surface area contributed by atoms with Gasteiger partial charge in [-0.3, -0.25) is 9.59 Å². The monoisotopic (exact) mass is 525 g/mol. The Morgan fingerprint density at radius 3 is 2.59 bits per heavy atom. The van der Waals surface area contributed by atoms with Crippen LogP contribution in [0.15, 0.2) is 54.6 Å². The number of aryl methyl sites for hydroxylation is 1. The number of nitriles is 1. The smallest absolute Gasteiger partial charge is 0.229 e. The van der Waals surface area contributed by atoms with E-state index < -0.39 is 17.6 Å². The van der Waals surface area contributed by atoms with E-state index >= 15 is 0 Å². The number of carbonyl (C=O) groups excluding carboxylic acids is 3. The molecule has 3 atom stereocenters. The summed E-state index contributed by atoms with van der Waals surface area (Å²) in [6.45, 7) is 7.76. The van der Waals surface area contributed by atoms with E-state index in [-0.39, 0.29) is 24.8 Å². The van der Waals surface area contributed by atoms with Crippen molar-refractivity contribution in [1.29, 1.82) is 5.26 Å². The first-order valence-electron chi connectivity index (χ1n) is 13.1. The predicted octanol–water partition coefficient (Wildman–Crippen LogP) is 3.83. The van der Waals surface area contributed by atoms with Gasteiger partial charge in [-0.05, 0) is 67.9 Å². The van der Waals surface area contributed by atoms with Crippen LogP contribution in [0.4, 0.5) is 11.4 Å². The van der Waals surface area contributed by atoms with Crippen LogP contribution >= 0.6 is 0 Å². The van der Waals surface area contributed by atoms with Gasteiger partial charge in [0.05, 0.1) is 35.1 Å². The highest BCUT2D eigenvalue weighted by atomic mass is 16.2. The number of nitrogens with zero attached hydrogens (tertiary/aromatic N) is 3. The van der Waals surface area contributed by atoms with Crippen LogP contribution in [0.1, 0.15) is 43.9 Å². The molecule has 0 bridgehead atoms. The molecule has 0 spiro atoms. The maximum Gasteiger partial charge on any atom is 0.229 e. The molecular formula is C31H35N5O3. The summed E-state index contributed by atoms with van der Waals surface area (Å²) in [5.74, 6) is -0.314. The summed E-state index contributed by atoms with van der Waals surface area (Å²) in [7, 11) is 1.71. The quantitative estimate of drug-likeness (QED) is 0.454. The van der Waals surface area contributed by atoms with E-state index in [1.165, 1.54) is 6.92 Å². The minimum absolute atomic E-state index is 0.113. The van der Waals surface area contributed by atoms with E-state index in [0.717, 1.165) is 28.2 Å². The van der Waals surface area contributed by atoms with E-state index in [2.05, 4.69) is 34.9 Å². The van der Waals surface area contributed by atoms with Crippen LogP contribution in [0, 0.1) is 18.3 Å². The molecule has 8 nitrogen and oxygen atoms in total. The minimum Gasteiger partial charge on any atom is -0.309 e. The van der Waals surface area contributed by atoms with Crippen molar-refractivity contribution in [3.8, 4) is 6.07 Å². The number of rotatable bonds is 7. The Morgan fingerprint density at radius 2 is 1.92 bits per heavy atom. The highest BCUT2D eigenvalue weighted by Gasteiger charge is 2.37. The van der Waals surface area contributed by atoms with Crippen LogP contribution in [0.25, 0.3) is 10.8 Å². The van der Waals surface area contributed by atoms with Crippen molar-refractivity contribution in [1.82, 2.24) is 10.6 Å². The number of fused-ring (bicyclic) bond motifs is 2. The normalized spacial score (nSPS) is 19.0. The number of carbonyl (C=O) groups is 3. The van der Waals surface area contributed by atoms with Gasteiger partial charge in [0.1, 0.15) is 6.29 Å². The topological polar surface area (TPSA) is 106 Å². The maximum atomic E-state index is 14.1. The van der Waals surface area contributed by atoms with Gasteiger partial charge < -0.3 is 25.2 Å². The number of hydrogen-bond donors (Lipinski definition) is 2. The molecule has 39 heavy (non-hydrogen) atoms. The van der Waals surface area contributed by atoms with Crippen LogP contribution in [-0.2, 0) is 20.9 Å². The minimum atomic E-state index is -0.835. The van der Waals surface area contributed by atoms with Crippen LogP contribution in [0.2, 0.25) is 0 Å². The van der Waals surface area contributed by atoms with Crippen molar-refractivity contribution >= 4 is 40.2 Å². The van der Waals surface area contributed by atoms with E-state index in [1.54, 1.807) is 42.0 Å². The highest BCUT2D eigenvalue weighted by molar-refractivity contribution is 6.04. The molecule has 2 amide bonds. The Hall–Kier alpha value is -4.06. The van der Waals surface area contributed by atoms with E-state index in [9.17, 15) is 19.6 Å². The van der Waals surface area contributed by atoms with Gasteiger partial charge in [-0.1, -0.05) is 36.4 Å². The average Bonchev–Trinajstić information content (AvgIpc) is 2.94. The van der Waals surface area contributed by atoms with Gasteiger partial charge in [-0.2, -0.15) is 5.26 Å². The molecule has 3 aromatic rings. The van der Waals surface area contributed by atoms with Gasteiger partial charge in [-0.15, -0.1) is 0 Å². The number of aldehydes is 1. The van der Waals surface area contributed by atoms with Gasteiger partial charge in [0.15, 0.2) is 0 Å². The lowest BCUT2D eigenvalue weighted by Crippen LogP contribution is -2.59. The Bertz CT molecular complexity index is 1460. The number of nitrogens with one attached hydrogen (secondary N) is 2. The first kappa shape index (κ1) is 28.0. The largest absolute Gasteiger partial charge is 0.309 e. The molecule has 0 aromatic heterocycles. The molecule has 1 aliphatic rings. The lowest BCUT2D eigenvalue weighted by molar-refractivity contribution is -0.120. The molecule has 3 aromatic carbocycles. The van der Waals surface area contributed by atoms with Crippen molar-refractivity contribution in [2.75, 3.05) is 23.4 Å². The van der Waals surface area contributed by atoms with Gasteiger partial charge in [0.2, 0.25) is 11.8 Å². The van der Waals surface area contributed by atoms with Gasteiger partial charge in [-0.25, -0.2) is 0 Å². The average molecular weight is 526 g/mol. The third-order valence-electron chi connectivity index (χ3n) is 7.83. The molecule has 8 heteroatoms. The zero-order valence-corrected chi connectivity index (χ0v) is 23.1.